The standard InChI is InChI=1S/C17H16F6N4O/c18-16(19,20)5-14-26-11(7-27(14)12-3-8-1-9(12)2-8)10-4-13(15(24)25-6-10)28-17(21,22)23/h4,6-9,12H,1-3,5H2,(H2,24,25)/t8?,9?,12-/m0/s1. The quantitative estimate of drug-likeness (QED) is 0.760. The molecule has 3 aliphatic rings. The summed E-state index contributed by atoms with van der Waals surface area (Å²) in [7, 11) is 0. The number of nitrogen functional groups attached to an aromatic ring is 1. The van der Waals surface area contributed by atoms with Crippen LogP contribution in [0.25, 0.3) is 11.3 Å². The van der Waals surface area contributed by atoms with Crippen molar-refractivity contribution in [2.45, 2.75) is 44.3 Å². The first-order valence-electron chi connectivity index (χ1n) is 8.64. The fourth-order valence-corrected chi connectivity index (χ4v) is 4.14. The minimum absolute atomic E-state index is 0.0729. The van der Waals surface area contributed by atoms with Crippen molar-refractivity contribution in [3.05, 3.63) is 24.3 Å². The summed E-state index contributed by atoms with van der Waals surface area (Å²) >= 11 is 0. The number of anilines is 1. The van der Waals surface area contributed by atoms with E-state index in [1.54, 1.807) is 0 Å². The second-order valence-corrected chi connectivity index (χ2v) is 7.30. The Labute approximate surface area is 155 Å². The van der Waals surface area contributed by atoms with Crippen LogP contribution in [0.3, 0.4) is 0 Å². The van der Waals surface area contributed by atoms with Crippen LogP contribution in [0.1, 0.15) is 31.1 Å². The first kappa shape index (κ1) is 18.9. The molecule has 5 rings (SSSR count). The van der Waals surface area contributed by atoms with Crippen LogP contribution in [0.5, 0.6) is 5.75 Å². The van der Waals surface area contributed by atoms with E-state index in [0.717, 1.165) is 31.5 Å². The van der Waals surface area contributed by atoms with E-state index in [2.05, 4.69) is 14.7 Å². The largest absolute Gasteiger partial charge is 0.573 e. The first-order valence-corrected chi connectivity index (χ1v) is 8.64. The Morgan fingerprint density at radius 3 is 2.43 bits per heavy atom. The molecular formula is C17H16F6N4O. The second-order valence-electron chi connectivity index (χ2n) is 7.30. The smallest absolute Gasteiger partial charge is 0.402 e. The molecule has 1 atom stereocenters. The highest BCUT2D eigenvalue weighted by Gasteiger charge is 2.46. The highest BCUT2D eigenvalue weighted by Crippen LogP contribution is 2.55. The molecule has 3 aliphatic carbocycles. The molecule has 5 nitrogen and oxygen atoms in total. The molecule has 0 amide bonds. The van der Waals surface area contributed by atoms with Crippen LogP contribution in [0, 0.1) is 11.8 Å². The Morgan fingerprint density at radius 2 is 1.86 bits per heavy atom. The van der Waals surface area contributed by atoms with Gasteiger partial charge in [-0.1, -0.05) is 0 Å². The Kier molecular flexibility index (Phi) is 4.23. The Morgan fingerprint density at radius 1 is 1.14 bits per heavy atom. The molecule has 0 radical (unpaired) electrons. The molecule has 0 saturated heterocycles. The lowest BCUT2D eigenvalue weighted by atomic mass is 9.84. The molecule has 152 valence electrons. The normalized spacial score (nSPS) is 24.3. The molecule has 2 aromatic heterocycles. The summed E-state index contributed by atoms with van der Waals surface area (Å²) < 4.78 is 81.9. The number of alkyl halides is 6. The maximum atomic E-state index is 13.0. The average molecular weight is 406 g/mol. The van der Waals surface area contributed by atoms with Gasteiger partial charge in [0.15, 0.2) is 11.6 Å². The number of rotatable bonds is 4. The molecule has 3 saturated carbocycles. The minimum Gasteiger partial charge on any atom is -0.402 e. The summed E-state index contributed by atoms with van der Waals surface area (Å²) in [6.07, 6.45) is -5.27. The molecule has 0 spiro atoms. The van der Waals surface area contributed by atoms with Crippen molar-refractivity contribution < 1.29 is 31.1 Å². The summed E-state index contributed by atoms with van der Waals surface area (Å²) in [5.41, 5.74) is 5.60. The Hall–Kier alpha value is -2.46. The molecule has 2 bridgehead atoms. The molecule has 0 aromatic carbocycles. The zero-order valence-electron chi connectivity index (χ0n) is 14.4. The fraction of sp³-hybridized carbons (Fsp3) is 0.529. The third-order valence-electron chi connectivity index (χ3n) is 5.32. The predicted molar refractivity (Wildman–Crippen MR) is 86.2 cm³/mol. The van der Waals surface area contributed by atoms with Crippen LogP contribution in [0.4, 0.5) is 32.2 Å². The van der Waals surface area contributed by atoms with Crippen LogP contribution in [-0.4, -0.2) is 27.1 Å². The van der Waals surface area contributed by atoms with Crippen LogP contribution in [0.15, 0.2) is 18.5 Å². The van der Waals surface area contributed by atoms with Gasteiger partial charge in [0.2, 0.25) is 0 Å². The van der Waals surface area contributed by atoms with Gasteiger partial charge in [-0.2, -0.15) is 13.2 Å². The van der Waals surface area contributed by atoms with E-state index in [9.17, 15) is 26.3 Å². The number of nitrogens with two attached hydrogens (primary N) is 1. The monoisotopic (exact) mass is 406 g/mol. The number of halogens is 6. The van der Waals surface area contributed by atoms with Crippen molar-refractivity contribution in [1.29, 1.82) is 0 Å². The fourth-order valence-electron chi connectivity index (χ4n) is 4.14. The number of pyridine rings is 1. The van der Waals surface area contributed by atoms with E-state index < -0.39 is 30.5 Å². The van der Waals surface area contributed by atoms with Gasteiger partial charge in [0.25, 0.3) is 0 Å². The van der Waals surface area contributed by atoms with Crippen LogP contribution in [0.2, 0.25) is 0 Å². The van der Waals surface area contributed by atoms with E-state index in [1.165, 1.54) is 10.8 Å². The zero-order chi connectivity index (χ0) is 20.3. The van der Waals surface area contributed by atoms with Crippen LogP contribution >= 0.6 is 0 Å². The predicted octanol–water partition coefficient (Wildman–Crippen LogP) is 4.50. The number of hydrogen-bond donors (Lipinski definition) is 1. The maximum Gasteiger partial charge on any atom is 0.573 e. The summed E-state index contributed by atoms with van der Waals surface area (Å²) in [6, 6.07) is 0.908. The van der Waals surface area contributed by atoms with Crippen molar-refractivity contribution in [1.82, 2.24) is 14.5 Å². The molecule has 28 heavy (non-hydrogen) atoms. The molecule has 2 heterocycles. The lowest BCUT2D eigenvalue weighted by molar-refractivity contribution is -0.274. The van der Waals surface area contributed by atoms with Crippen molar-refractivity contribution in [3.8, 4) is 17.0 Å². The molecule has 0 aliphatic heterocycles. The lowest BCUT2D eigenvalue weighted by Crippen LogP contribution is -2.21. The number of hydrogen-bond acceptors (Lipinski definition) is 4. The first-order chi connectivity index (χ1) is 13.0. The van der Waals surface area contributed by atoms with Gasteiger partial charge in [0.1, 0.15) is 12.2 Å². The van der Waals surface area contributed by atoms with Crippen molar-refractivity contribution in [2.75, 3.05) is 5.73 Å². The zero-order valence-corrected chi connectivity index (χ0v) is 14.4. The van der Waals surface area contributed by atoms with Crippen LogP contribution in [-0.2, 0) is 6.42 Å². The summed E-state index contributed by atoms with van der Waals surface area (Å²) in [6.45, 7) is 0. The third kappa shape index (κ3) is 3.74. The van der Waals surface area contributed by atoms with Gasteiger partial charge in [-0.3, -0.25) is 0 Å². The van der Waals surface area contributed by atoms with E-state index in [1.807, 2.05) is 0 Å². The number of imidazole rings is 1. The Bertz CT molecular complexity index is 885. The second kappa shape index (κ2) is 6.28. The van der Waals surface area contributed by atoms with Gasteiger partial charge in [0, 0.05) is 24.0 Å². The Balaban J connectivity index is 1.71. The van der Waals surface area contributed by atoms with Crippen molar-refractivity contribution in [3.63, 3.8) is 0 Å². The highest BCUT2D eigenvalue weighted by molar-refractivity contribution is 5.63. The van der Waals surface area contributed by atoms with Gasteiger partial charge < -0.3 is 15.0 Å². The van der Waals surface area contributed by atoms with Crippen LogP contribution < -0.4 is 10.5 Å². The average Bonchev–Trinajstić information content (AvgIpc) is 3.18. The van der Waals surface area contributed by atoms with Crippen molar-refractivity contribution in [2.24, 2.45) is 11.8 Å². The molecular weight excluding hydrogens is 390 g/mol. The topological polar surface area (TPSA) is 66.0 Å². The van der Waals surface area contributed by atoms with Gasteiger partial charge >= 0.3 is 12.5 Å². The number of aromatic nitrogens is 3. The van der Waals surface area contributed by atoms with E-state index in [-0.39, 0.29) is 23.1 Å². The molecule has 11 heteroatoms. The minimum atomic E-state index is -4.97. The van der Waals surface area contributed by atoms with Gasteiger partial charge in [-0.25, -0.2) is 9.97 Å². The summed E-state index contributed by atoms with van der Waals surface area (Å²) in [5, 5.41) is 0. The summed E-state index contributed by atoms with van der Waals surface area (Å²) in [5.74, 6) is -0.528. The van der Waals surface area contributed by atoms with E-state index in [4.69, 9.17) is 5.73 Å². The van der Waals surface area contributed by atoms with Gasteiger partial charge in [0.05, 0.1) is 5.69 Å². The highest BCUT2D eigenvalue weighted by atomic mass is 19.4. The molecule has 2 N–H and O–H groups in total. The van der Waals surface area contributed by atoms with E-state index >= 15 is 0 Å². The maximum absolute atomic E-state index is 13.0. The van der Waals surface area contributed by atoms with Gasteiger partial charge in [-0.15, -0.1) is 13.2 Å². The number of ether oxygens (including phenoxy) is 1. The number of nitrogens with zero attached hydrogens (tertiary/aromatic N) is 3. The molecule has 2 aromatic rings. The van der Waals surface area contributed by atoms with E-state index in [0.29, 0.717) is 11.8 Å². The van der Waals surface area contributed by atoms with Crippen molar-refractivity contribution >= 4 is 5.82 Å². The molecule has 0 unspecified atom stereocenters. The number of fused-ring (bicyclic) bond motifs is 1. The third-order valence-corrected chi connectivity index (χ3v) is 5.32. The lowest BCUT2D eigenvalue weighted by Gasteiger charge is -2.25. The van der Waals surface area contributed by atoms with Gasteiger partial charge in [-0.05, 0) is 37.2 Å². The summed E-state index contributed by atoms with van der Waals surface area (Å²) in [4.78, 5) is 7.71. The SMILES string of the molecule is Nc1ncc(-c2cn([C@H]3CC4CC3C4)c(CC(F)(F)F)n2)cc1OC(F)(F)F. The molecule has 3 fully saturated rings.